The van der Waals surface area contributed by atoms with E-state index in [2.05, 4.69) is 5.38 Å². The molecule has 0 aliphatic rings. The summed E-state index contributed by atoms with van der Waals surface area (Å²) in [6.07, 6.45) is 4.01. The van der Waals surface area contributed by atoms with Crippen LogP contribution in [0, 0.1) is 0 Å². The minimum absolute atomic E-state index is 0.361. The average molecular weight is 274 g/mol. The minimum atomic E-state index is -0.361. The Balaban J connectivity index is 2.21. The molecule has 0 aliphatic carbocycles. The second-order valence-electron chi connectivity index (χ2n) is 3.89. The highest BCUT2D eigenvalue weighted by Crippen LogP contribution is 2.29. The van der Waals surface area contributed by atoms with Crippen molar-refractivity contribution in [2.45, 2.75) is 6.92 Å². The summed E-state index contributed by atoms with van der Waals surface area (Å²) in [4.78, 5) is 11.0. The number of hydrogen-bond acceptors (Lipinski definition) is 4. The van der Waals surface area contributed by atoms with Crippen LogP contribution >= 0.6 is 11.3 Å². The minimum Gasteiger partial charge on any atom is -0.493 e. The van der Waals surface area contributed by atoms with Crippen molar-refractivity contribution in [1.29, 1.82) is 0 Å². The van der Waals surface area contributed by atoms with Crippen LogP contribution in [0.25, 0.3) is 12.2 Å². The summed E-state index contributed by atoms with van der Waals surface area (Å²) in [6.45, 7) is 1.36. The Bertz CT molecular complexity index is 585. The smallest absolute Gasteiger partial charge is 0.308 e. The lowest BCUT2D eigenvalue weighted by Crippen LogP contribution is -2.02. The molecular formula is C15H14O3S. The van der Waals surface area contributed by atoms with Crippen LogP contribution in [0.3, 0.4) is 0 Å². The van der Waals surface area contributed by atoms with Crippen molar-refractivity contribution in [3.63, 3.8) is 0 Å². The molecule has 0 radical (unpaired) electrons. The Labute approximate surface area is 116 Å². The number of hydrogen-bond donors (Lipinski definition) is 0. The van der Waals surface area contributed by atoms with Crippen molar-refractivity contribution in [2.75, 3.05) is 7.11 Å². The van der Waals surface area contributed by atoms with Crippen LogP contribution in [0.5, 0.6) is 11.5 Å². The van der Waals surface area contributed by atoms with E-state index in [4.69, 9.17) is 9.47 Å². The van der Waals surface area contributed by atoms with Crippen molar-refractivity contribution < 1.29 is 14.3 Å². The van der Waals surface area contributed by atoms with Crippen LogP contribution in [0.1, 0.15) is 18.1 Å². The third kappa shape index (κ3) is 3.69. The van der Waals surface area contributed by atoms with Crippen LogP contribution in [-0.2, 0) is 4.79 Å². The molecule has 0 fully saturated rings. The zero-order valence-corrected chi connectivity index (χ0v) is 11.6. The fourth-order valence-electron chi connectivity index (χ4n) is 1.59. The molecule has 3 nitrogen and oxygen atoms in total. The van der Waals surface area contributed by atoms with Gasteiger partial charge < -0.3 is 9.47 Å². The maximum atomic E-state index is 11.0. The van der Waals surface area contributed by atoms with Gasteiger partial charge in [-0.15, -0.1) is 0 Å². The number of methoxy groups -OCH3 is 1. The van der Waals surface area contributed by atoms with Crippen LogP contribution in [0.15, 0.2) is 35.0 Å². The van der Waals surface area contributed by atoms with Gasteiger partial charge in [0.1, 0.15) is 0 Å². The molecule has 1 aromatic carbocycles. The third-order valence-electron chi connectivity index (χ3n) is 2.45. The molecule has 2 rings (SSSR count). The first-order valence-corrected chi connectivity index (χ1v) is 6.70. The van der Waals surface area contributed by atoms with Crippen LogP contribution in [0.4, 0.5) is 0 Å². The molecule has 19 heavy (non-hydrogen) atoms. The number of carbonyl (C=O) groups is 1. The van der Waals surface area contributed by atoms with Gasteiger partial charge in [-0.2, -0.15) is 11.3 Å². The highest BCUT2D eigenvalue weighted by molar-refractivity contribution is 7.08. The highest BCUT2D eigenvalue weighted by Gasteiger charge is 2.06. The van der Waals surface area contributed by atoms with Gasteiger partial charge in [0.25, 0.3) is 0 Å². The van der Waals surface area contributed by atoms with Crippen molar-refractivity contribution in [1.82, 2.24) is 0 Å². The fraction of sp³-hybridized carbons (Fsp3) is 0.133. The lowest BCUT2D eigenvalue weighted by atomic mass is 10.1. The number of benzene rings is 1. The van der Waals surface area contributed by atoms with Gasteiger partial charge >= 0.3 is 5.97 Å². The van der Waals surface area contributed by atoms with Gasteiger partial charge in [0.05, 0.1) is 7.11 Å². The Morgan fingerprint density at radius 3 is 2.58 bits per heavy atom. The molecule has 0 atom stereocenters. The van der Waals surface area contributed by atoms with Gasteiger partial charge in [-0.1, -0.05) is 18.2 Å². The van der Waals surface area contributed by atoms with Crippen molar-refractivity contribution in [2.24, 2.45) is 0 Å². The first kappa shape index (κ1) is 13.4. The van der Waals surface area contributed by atoms with Crippen molar-refractivity contribution >= 4 is 29.5 Å². The number of esters is 1. The molecule has 2 aromatic rings. The molecule has 98 valence electrons. The van der Waals surface area contributed by atoms with Crippen molar-refractivity contribution in [3.05, 3.63) is 46.2 Å². The van der Waals surface area contributed by atoms with Crippen molar-refractivity contribution in [3.8, 4) is 11.5 Å². The number of rotatable bonds is 4. The Hall–Kier alpha value is -2.07. The topological polar surface area (TPSA) is 35.5 Å². The highest BCUT2D eigenvalue weighted by atomic mass is 32.1. The summed E-state index contributed by atoms with van der Waals surface area (Å²) in [5, 5.41) is 4.10. The fourth-order valence-corrected chi connectivity index (χ4v) is 2.22. The molecule has 0 aliphatic heterocycles. The number of thiophene rings is 1. The van der Waals surface area contributed by atoms with E-state index in [0.717, 1.165) is 11.1 Å². The largest absolute Gasteiger partial charge is 0.493 e. The maximum Gasteiger partial charge on any atom is 0.308 e. The van der Waals surface area contributed by atoms with Gasteiger partial charge in [0.2, 0.25) is 0 Å². The predicted octanol–water partition coefficient (Wildman–Crippen LogP) is 3.85. The van der Waals surface area contributed by atoms with Crippen LogP contribution < -0.4 is 9.47 Å². The molecule has 1 aromatic heterocycles. The molecule has 1 heterocycles. The van der Waals surface area contributed by atoms with E-state index in [1.807, 2.05) is 35.7 Å². The van der Waals surface area contributed by atoms with E-state index >= 15 is 0 Å². The summed E-state index contributed by atoms with van der Waals surface area (Å²) in [5.74, 6) is 0.616. The standard InChI is InChI=1S/C15H14O3S/c1-11(16)18-14-6-5-12(9-15(14)17-2)3-4-13-7-8-19-10-13/h3-10H,1-2H3/b4-3+. The third-order valence-corrected chi connectivity index (χ3v) is 3.15. The molecule has 0 saturated heterocycles. The summed E-state index contributed by atoms with van der Waals surface area (Å²) < 4.78 is 10.3. The van der Waals surface area contributed by atoms with E-state index in [1.165, 1.54) is 6.92 Å². The molecular weight excluding hydrogens is 260 g/mol. The van der Waals surface area contributed by atoms with E-state index in [0.29, 0.717) is 11.5 Å². The lowest BCUT2D eigenvalue weighted by Gasteiger charge is -2.08. The summed E-state index contributed by atoms with van der Waals surface area (Å²) in [7, 11) is 1.55. The quantitative estimate of drug-likeness (QED) is 0.627. The second-order valence-corrected chi connectivity index (χ2v) is 4.67. The lowest BCUT2D eigenvalue weighted by molar-refractivity contribution is -0.132. The van der Waals surface area contributed by atoms with Gasteiger partial charge in [-0.05, 0) is 40.1 Å². The molecule has 0 amide bonds. The van der Waals surface area contributed by atoms with Gasteiger partial charge in [0.15, 0.2) is 11.5 Å². The second kappa shape index (κ2) is 6.20. The SMILES string of the molecule is COc1cc(/C=C/c2ccsc2)ccc1OC(C)=O. The van der Waals surface area contributed by atoms with E-state index < -0.39 is 0 Å². The molecule has 0 spiro atoms. The summed E-state index contributed by atoms with van der Waals surface area (Å²) in [5.41, 5.74) is 2.15. The van der Waals surface area contributed by atoms with Gasteiger partial charge in [-0.3, -0.25) is 4.79 Å². The summed E-state index contributed by atoms with van der Waals surface area (Å²) in [6, 6.07) is 7.49. The monoisotopic (exact) mass is 274 g/mol. The molecule has 0 bridgehead atoms. The molecule has 0 saturated carbocycles. The first-order chi connectivity index (χ1) is 9.19. The molecule has 0 N–H and O–H groups in total. The summed E-state index contributed by atoms with van der Waals surface area (Å²) >= 11 is 1.66. The predicted molar refractivity (Wildman–Crippen MR) is 77.6 cm³/mol. The first-order valence-electron chi connectivity index (χ1n) is 5.76. The Morgan fingerprint density at radius 1 is 1.16 bits per heavy atom. The Morgan fingerprint density at radius 2 is 1.95 bits per heavy atom. The zero-order valence-electron chi connectivity index (χ0n) is 10.8. The average Bonchev–Trinajstić information content (AvgIpc) is 2.90. The number of carbonyl (C=O) groups excluding carboxylic acids is 1. The van der Waals surface area contributed by atoms with E-state index in [1.54, 1.807) is 24.5 Å². The zero-order chi connectivity index (χ0) is 13.7. The van der Waals surface area contributed by atoms with E-state index in [-0.39, 0.29) is 5.97 Å². The van der Waals surface area contributed by atoms with E-state index in [9.17, 15) is 4.79 Å². The number of ether oxygens (including phenoxy) is 2. The van der Waals surface area contributed by atoms with Crippen LogP contribution in [-0.4, -0.2) is 13.1 Å². The normalized spacial score (nSPS) is 10.6. The Kier molecular flexibility index (Phi) is 4.36. The van der Waals surface area contributed by atoms with Crippen LogP contribution in [0.2, 0.25) is 0 Å². The van der Waals surface area contributed by atoms with Gasteiger partial charge in [-0.25, -0.2) is 0 Å². The van der Waals surface area contributed by atoms with Gasteiger partial charge in [0, 0.05) is 6.92 Å². The molecule has 0 unspecified atom stereocenters. The molecule has 4 heteroatoms. The maximum absolute atomic E-state index is 11.0.